The molecule has 0 bridgehead atoms. The van der Waals surface area contributed by atoms with Crippen LogP contribution in [0.1, 0.15) is 92.9 Å². The lowest BCUT2D eigenvalue weighted by atomic mass is 9.67. The molecule has 150 valence electrons. The number of esters is 2. The van der Waals surface area contributed by atoms with E-state index in [-0.39, 0.29) is 29.6 Å². The molecule has 0 spiro atoms. The quantitative estimate of drug-likeness (QED) is 0.600. The molecule has 0 heterocycles. The summed E-state index contributed by atoms with van der Waals surface area (Å²) in [5.74, 6) is 1.10. The maximum atomic E-state index is 12.5. The molecule has 26 heavy (non-hydrogen) atoms. The summed E-state index contributed by atoms with van der Waals surface area (Å²) < 4.78 is 11.5. The Hall–Kier alpha value is -1.06. The first-order valence-corrected chi connectivity index (χ1v) is 10.5. The van der Waals surface area contributed by atoms with Crippen LogP contribution in [0.5, 0.6) is 0 Å². The van der Waals surface area contributed by atoms with E-state index in [0.29, 0.717) is 11.8 Å². The van der Waals surface area contributed by atoms with E-state index in [1.165, 1.54) is 0 Å². The first-order valence-electron chi connectivity index (χ1n) is 10.5. The Morgan fingerprint density at radius 3 is 2.12 bits per heavy atom. The maximum absolute atomic E-state index is 12.5. The summed E-state index contributed by atoms with van der Waals surface area (Å²) in [6.07, 6.45) is 7.50. The van der Waals surface area contributed by atoms with Crippen molar-refractivity contribution in [2.75, 3.05) is 0 Å². The van der Waals surface area contributed by atoms with Crippen LogP contribution in [0.4, 0.5) is 0 Å². The molecule has 2 fully saturated rings. The Bertz CT molecular complexity index is 508. The molecule has 2 aliphatic rings. The molecule has 0 aromatic heterocycles. The number of hydrogen-bond acceptors (Lipinski definition) is 4. The van der Waals surface area contributed by atoms with Gasteiger partial charge in [0.2, 0.25) is 0 Å². The van der Waals surface area contributed by atoms with Crippen molar-refractivity contribution in [2.24, 2.45) is 23.2 Å². The van der Waals surface area contributed by atoms with Crippen LogP contribution >= 0.6 is 0 Å². The minimum Gasteiger partial charge on any atom is -0.462 e. The average molecular weight is 367 g/mol. The zero-order valence-electron chi connectivity index (χ0n) is 17.6. The summed E-state index contributed by atoms with van der Waals surface area (Å²) in [6.45, 7) is 11.9. The predicted octanol–water partition coefficient (Wildman–Crippen LogP) is 5.28. The fraction of sp³-hybridized carbons (Fsp3) is 0.909. The Balaban J connectivity index is 1.85. The minimum atomic E-state index is -0.398. The molecule has 2 rings (SSSR count). The summed E-state index contributed by atoms with van der Waals surface area (Å²) in [7, 11) is 0. The third kappa shape index (κ3) is 5.23. The highest BCUT2D eigenvalue weighted by atomic mass is 16.6. The zero-order valence-corrected chi connectivity index (χ0v) is 17.6. The Kier molecular flexibility index (Phi) is 6.79. The molecule has 0 radical (unpaired) electrons. The van der Waals surface area contributed by atoms with Gasteiger partial charge in [-0.25, -0.2) is 0 Å². The molecule has 4 nitrogen and oxygen atoms in total. The lowest BCUT2D eigenvalue weighted by Gasteiger charge is -2.42. The van der Waals surface area contributed by atoms with Crippen LogP contribution in [0.2, 0.25) is 0 Å². The molecule has 2 aliphatic carbocycles. The monoisotopic (exact) mass is 366 g/mol. The molecule has 4 unspecified atom stereocenters. The molecule has 0 aromatic rings. The lowest BCUT2D eigenvalue weighted by Crippen LogP contribution is -2.40. The van der Waals surface area contributed by atoms with Gasteiger partial charge >= 0.3 is 11.9 Å². The van der Waals surface area contributed by atoms with Gasteiger partial charge in [-0.2, -0.15) is 0 Å². The van der Waals surface area contributed by atoms with E-state index in [1.54, 1.807) is 0 Å². The fourth-order valence-electron chi connectivity index (χ4n) is 4.05. The predicted molar refractivity (Wildman–Crippen MR) is 103 cm³/mol. The van der Waals surface area contributed by atoms with Crippen molar-refractivity contribution in [3.8, 4) is 0 Å². The Morgan fingerprint density at radius 1 is 0.885 bits per heavy atom. The van der Waals surface area contributed by atoms with E-state index in [2.05, 4.69) is 0 Å². The first kappa shape index (κ1) is 21.2. The molecule has 0 saturated heterocycles. The van der Waals surface area contributed by atoms with E-state index in [0.717, 1.165) is 51.4 Å². The van der Waals surface area contributed by atoms with Crippen LogP contribution in [0.25, 0.3) is 0 Å². The van der Waals surface area contributed by atoms with Crippen LogP contribution in [-0.2, 0) is 19.1 Å². The zero-order chi connectivity index (χ0) is 19.5. The van der Waals surface area contributed by atoms with Crippen LogP contribution in [0.15, 0.2) is 0 Å². The molecule has 0 N–H and O–H groups in total. The summed E-state index contributed by atoms with van der Waals surface area (Å²) >= 11 is 0. The standard InChI is InChI=1S/C22H38O4/c1-7-21(3,4)20(24)25-18-12-11-15-13-17(10-9-16(15)14-18)19(23)26-22(5,6)8-2/h15-18H,7-14H2,1-6H3. The number of rotatable bonds is 6. The van der Waals surface area contributed by atoms with Crippen LogP contribution in [0.3, 0.4) is 0 Å². The van der Waals surface area contributed by atoms with Gasteiger partial charge in [0, 0.05) is 0 Å². The highest BCUT2D eigenvalue weighted by Gasteiger charge is 2.41. The second-order valence-electron chi connectivity index (χ2n) is 9.64. The molecular weight excluding hydrogens is 328 g/mol. The second kappa shape index (κ2) is 8.31. The van der Waals surface area contributed by atoms with Crippen molar-refractivity contribution < 1.29 is 19.1 Å². The largest absolute Gasteiger partial charge is 0.462 e. The van der Waals surface area contributed by atoms with Crippen molar-refractivity contribution in [1.29, 1.82) is 0 Å². The molecule has 0 aromatic carbocycles. The topological polar surface area (TPSA) is 52.6 Å². The summed E-state index contributed by atoms with van der Waals surface area (Å²) in [5.41, 5.74) is -0.768. The number of hydrogen-bond donors (Lipinski definition) is 0. The van der Waals surface area contributed by atoms with E-state index in [1.807, 2.05) is 41.5 Å². The molecule has 2 saturated carbocycles. The van der Waals surface area contributed by atoms with E-state index >= 15 is 0 Å². The summed E-state index contributed by atoms with van der Waals surface area (Å²) in [4.78, 5) is 24.9. The normalized spacial score (nSPS) is 29.6. The smallest absolute Gasteiger partial charge is 0.311 e. The van der Waals surface area contributed by atoms with Gasteiger partial charge in [-0.05, 0) is 90.9 Å². The number of carbonyl (C=O) groups excluding carboxylic acids is 2. The van der Waals surface area contributed by atoms with Gasteiger partial charge in [0.25, 0.3) is 0 Å². The molecule has 0 aliphatic heterocycles. The van der Waals surface area contributed by atoms with Gasteiger partial charge < -0.3 is 9.47 Å². The summed E-state index contributed by atoms with van der Waals surface area (Å²) in [5, 5.41) is 0. The Labute approximate surface area is 159 Å². The summed E-state index contributed by atoms with van der Waals surface area (Å²) in [6, 6.07) is 0. The fourth-order valence-corrected chi connectivity index (χ4v) is 4.05. The van der Waals surface area contributed by atoms with Crippen molar-refractivity contribution in [3.05, 3.63) is 0 Å². The van der Waals surface area contributed by atoms with Crippen molar-refractivity contribution in [3.63, 3.8) is 0 Å². The minimum absolute atomic E-state index is 0.0199. The van der Waals surface area contributed by atoms with Crippen molar-refractivity contribution in [1.82, 2.24) is 0 Å². The number of fused-ring (bicyclic) bond motifs is 1. The van der Waals surface area contributed by atoms with Crippen molar-refractivity contribution >= 4 is 11.9 Å². The van der Waals surface area contributed by atoms with Crippen molar-refractivity contribution in [2.45, 2.75) is 105 Å². The molecular formula is C22H38O4. The van der Waals surface area contributed by atoms with Gasteiger partial charge in [0.05, 0.1) is 11.3 Å². The van der Waals surface area contributed by atoms with E-state index in [4.69, 9.17) is 9.47 Å². The highest BCUT2D eigenvalue weighted by molar-refractivity contribution is 5.76. The van der Waals surface area contributed by atoms with Crippen LogP contribution < -0.4 is 0 Å². The second-order valence-corrected chi connectivity index (χ2v) is 9.64. The molecule has 4 atom stereocenters. The first-order chi connectivity index (χ1) is 12.1. The lowest BCUT2D eigenvalue weighted by molar-refractivity contribution is -0.166. The van der Waals surface area contributed by atoms with Crippen LogP contribution in [0, 0.1) is 23.2 Å². The van der Waals surface area contributed by atoms with Crippen LogP contribution in [-0.4, -0.2) is 23.6 Å². The van der Waals surface area contributed by atoms with E-state index in [9.17, 15) is 9.59 Å². The Morgan fingerprint density at radius 2 is 1.50 bits per heavy atom. The highest BCUT2D eigenvalue weighted by Crippen LogP contribution is 2.44. The van der Waals surface area contributed by atoms with Gasteiger partial charge in [-0.3, -0.25) is 9.59 Å². The maximum Gasteiger partial charge on any atom is 0.311 e. The van der Waals surface area contributed by atoms with Gasteiger partial charge in [0.15, 0.2) is 0 Å². The average Bonchev–Trinajstić information content (AvgIpc) is 2.60. The molecule has 0 amide bonds. The number of carbonyl (C=O) groups is 2. The SMILES string of the molecule is CCC(C)(C)OC(=O)C1CCC2CC(OC(=O)C(C)(C)CC)CCC2C1. The van der Waals surface area contributed by atoms with Gasteiger partial charge in [-0.1, -0.05) is 13.8 Å². The molecule has 4 heteroatoms. The van der Waals surface area contributed by atoms with E-state index < -0.39 is 5.41 Å². The third-order valence-corrected chi connectivity index (χ3v) is 6.84. The third-order valence-electron chi connectivity index (χ3n) is 6.84. The number of ether oxygens (including phenoxy) is 2. The van der Waals surface area contributed by atoms with Gasteiger partial charge in [0.1, 0.15) is 11.7 Å². The van der Waals surface area contributed by atoms with Gasteiger partial charge in [-0.15, -0.1) is 0 Å².